The Kier molecular flexibility index (Phi) is 4.51. The Labute approximate surface area is 139 Å². The molecule has 2 N–H and O–H groups in total. The normalized spacial score (nSPS) is 10.8. The average molecular weight is 326 g/mol. The zero-order valence-corrected chi connectivity index (χ0v) is 13.6. The van der Waals surface area contributed by atoms with Crippen LogP contribution in [-0.2, 0) is 6.42 Å². The minimum Gasteiger partial charge on any atom is -0.507 e. The topological polar surface area (TPSA) is 58.1 Å². The van der Waals surface area contributed by atoms with E-state index in [4.69, 9.17) is 4.74 Å². The standard InChI is InChI=1S/C19H19FN2O2/c1-3-4-13-9-15(17(23)10-18(13)24-2)19-16(11-21-22-19)12-5-7-14(20)8-6-12/h5-11,23H,3-4H2,1-2H3,(H,21,22). The van der Waals surface area contributed by atoms with E-state index in [-0.39, 0.29) is 11.6 Å². The van der Waals surface area contributed by atoms with Gasteiger partial charge in [-0.1, -0.05) is 25.5 Å². The van der Waals surface area contributed by atoms with Crippen molar-refractivity contribution in [2.45, 2.75) is 19.8 Å². The first-order valence-electron chi connectivity index (χ1n) is 7.83. The predicted octanol–water partition coefficient (Wildman–Crippen LogP) is 4.55. The summed E-state index contributed by atoms with van der Waals surface area (Å²) >= 11 is 0. The van der Waals surface area contributed by atoms with E-state index in [0.717, 1.165) is 29.5 Å². The Morgan fingerprint density at radius 2 is 1.92 bits per heavy atom. The zero-order chi connectivity index (χ0) is 17.1. The van der Waals surface area contributed by atoms with E-state index in [1.54, 1.807) is 31.5 Å². The SMILES string of the molecule is CCCc1cc(-c2[nH]ncc2-c2ccc(F)cc2)c(O)cc1OC. The number of nitrogens with one attached hydrogen (secondary N) is 1. The molecule has 1 heterocycles. The molecular weight excluding hydrogens is 307 g/mol. The van der Waals surface area contributed by atoms with Crippen molar-refractivity contribution in [3.63, 3.8) is 0 Å². The van der Waals surface area contributed by atoms with Gasteiger partial charge in [0, 0.05) is 17.2 Å². The number of aromatic hydroxyl groups is 1. The molecular formula is C19H19FN2O2. The van der Waals surface area contributed by atoms with Crippen LogP contribution in [0.25, 0.3) is 22.4 Å². The molecule has 0 amide bonds. The van der Waals surface area contributed by atoms with Gasteiger partial charge in [-0.05, 0) is 35.7 Å². The number of aromatic amines is 1. The van der Waals surface area contributed by atoms with Crippen LogP contribution in [0.4, 0.5) is 4.39 Å². The molecule has 0 atom stereocenters. The van der Waals surface area contributed by atoms with Gasteiger partial charge in [0.2, 0.25) is 0 Å². The third-order valence-corrected chi connectivity index (χ3v) is 3.98. The van der Waals surface area contributed by atoms with Crippen LogP contribution in [0, 0.1) is 5.82 Å². The third kappa shape index (κ3) is 2.97. The predicted molar refractivity (Wildman–Crippen MR) is 91.6 cm³/mol. The molecule has 24 heavy (non-hydrogen) atoms. The maximum atomic E-state index is 13.2. The molecule has 1 aromatic heterocycles. The first kappa shape index (κ1) is 16.1. The number of halogens is 1. The summed E-state index contributed by atoms with van der Waals surface area (Å²) in [6, 6.07) is 9.73. The van der Waals surface area contributed by atoms with Gasteiger partial charge < -0.3 is 9.84 Å². The number of H-pyrrole nitrogens is 1. The molecule has 0 spiro atoms. The maximum Gasteiger partial charge on any atom is 0.128 e. The van der Waals surface area contributed by atoms with Gasteiger partial charge in [0.25, 0.3) is 0 Å². The molecule has 0 bridgehead atoms. The van der Waals surface area contributed by atoms with Crippen LogP contribution in [0.1, 0.15) is 18.9 Å². The highest BCUT2D eigenvalue weighted by molar-refractivity contribution is 5.83. The summed E-state index contributed by atoms with van der Waals surface area (Å²) in [5.41, 5.74) is 3.99. The van der Waals surface area contributed by atoms with Gasteiger partial charge in [0.15, 0.2) is 0 Å². The van der Waals surface area contributed by atoms with Gasteiger partial charge in [-0.25, -0.2) is 4.39 Å². The van der Waals surface area contributed by atoms with Crippen molar-refractivity contribution < 1.29 is 14.2 Å². The van der Waals surface area contributed by atoms with Crippen LogP contribution in [0.3, 0.4) is 0 Å². The Morgan fingerprint density at radius 1 is 1.17 bits per heavy atom. The first-order valence-corrected chi connectivity index (χ1v) is 7.83. The summed E-state index contributed by atoms with van der Waals surface area (Å²) < 4.78 is 18.5. The van der Waals surface area contributed by atoms with Crippen LogP contribution in [0.15, 0.2) is 42.6 Å². The number of phenols is 1. The van der Waals surface area contributed by atoms with Crippen molar-refractivity contribution in [3.05, 3.63) is 54.0 Å². The van der Waals surface area contributed by atoms with Crippen molar-refractivity contribution >= 4 is 0 Å². The minimum atomic E-state index is -0.290. The van der Waals surface area contributed by atoms with Gasteiger partial charge in [-0.15, -0.1) is 0 Å². The average Bonchev–Trinajstić information content (AvgIpc) is 3.06. The molecule has 4 nitrogen and oxygen atoms in total. The molecule has 0 aliphatic heterocycles. The summed E-state index contributed by atoms with van der Waals surface area (Å²) in [6.45, 7) is 2.09. The number of rotatable bonds is 5. The van der Waals surface area contributed by atoms with Gasteiger partial charge in [0.1, 0.15) is 17.3 Å². The van der Waals surface area contributed by atoms with Crippen molar-refractivity contribution in [2.24, 2.45) is 0 Å². The van der Waals surface area contributed by atoms with Gasteiger partial charge in [-0.2, -0.15) is 5.10 Å². The smallest absolute Gasteiger partial charge is 0.128 e. The highest BCUT2D eigenvalue weighted by Gasteiger charge is 2.16. The monoisotopic (exact) mass is 326 g/mol. The fourth-order valence-corrected chi connectivity index (χ4v) is 2.81. The number of methoxy groups -OCH3 is 1. The van der Waals surface area contributed by atoms with E-state index >= 15 is 0 Å². The Morgan fingerprint density at radius 3 is 2.58 bits per heavy atom. The second kappa shape index (κ2) is 6.74. The van der Waals surface area contributed by atoms with Crippen molar-refractivity contribution in [3.8, 4) is 33.9 Å². The molecule has 3 rings (SSSR count). The highest BCUT2D eigenvalue weighted by Crippen LogP contribution is 2.39. The first-order chi connectivity index (χ1) is 11.6. The fraction of sp³-hybridized carbons (Fsp3) is 0.211. The zero-order valence-electron chi connectivity index (χ0n) is 13.6. The summed E-state index contributed by atoms with van der Waals surface area (Å²) in [4.78, 5) is 0. The second-order valence-corrected chi connectivity index (χ2v) is 5.60. The largest absolute Gasteiger partial charge is 0.507 e. The molecule has 0 saturated carbocycles. The Bertz CT molecular complexity index is 841. The molecule has 3 aromatic rings. The lowest BCUT2D eigenvalue weighted by molar-refractivity contribution is 0.403. The van der Waals surface area contributed by atoms with E-state index in [0.29, 0.717) is 17.0 Å². The van der Waals surface area contributed by atoms with Gasteiger partial charge >= 0.3 is 0 Å². The lowest BCUT2D eigenvalue weighted by Crippen LogP contribution is -1.94. The highest BCUT2D eigenvalue weighted by atomic mass is 19.1. The summed E-state index contributed by atoms with van der Waals surface area (Å²) in [6.07, 6.45) is 3.48. The Balaban J connectivity index is 2.12. The molecule has 5 heteroatoms. The molecule has 0 unspecified atom stereocenters. The van der Waals surface area contributed by atoms with Crippen LogP contribution in [0.5, 0.6) is 11.5 Å². The number of hydrogen-bond acceptors (Lipinski definition) is 3. The quantitative estimate of drug-likeness (QED) is 0.723. The van der Waals surface area contributed by atoms with Crippen LogP contribution in [-0.4, -0.2) is 22.4 Å². The number of aryl methyl sites for hydroxylation is 1. The van der Waals surface area contributed by atoms with Gasteiger partial charge in [0.05, 0.1) is 19.0 Å². The van der Waals surface area contributed by atoms with Crippen molar-refractivity contribution in [1.29, 1.82) is 0 Å². The number of nitrogens with zero attached hydrogens (tertiary/aromatic N) is 1. The third-order valence-electron chi connectivity index (χ3n) is 3.98. The summed E-state index contributed by atoms with van der Waals surface area (Å²) in [7, 11) is 1.59. The summed E-state index contributed by atoms with van der Waals surface area (Å²) in [5, 5.41) is 17.4. The molecule has 0 aliphatic carbocycles. The number of hydrogen-bond donors (Lipinski definition) is 2. The number of phenolic OH excluding ortho intramolecular Hbond substituents is 1. The molecule has 124 valence electrons. The molecule has 0 saturated heterocycles. The Hall–Kier alpha value is -2.82. The van der Waals surface area contributed by atoms with E-state index in [2.05, 4.69) is 17.1 Å². The van der Waals surface area contributed by atoms with Crippen molar-refractivity contribution in [1.82, 2.24) is 10.2 Å². The van der Waals surface area contributed by atoms with E-state index in [1.165, 1.54) is 12.1 Å². The van der Waals surface area contributed by atoms with Crippen LogP contribution in [0.2, 0.25) is 0 Å². The molecule has 2 aromatic carbocycles. The second-order valence-electron chi connectivity index (χ2n) is 5.60. The number of ether oxygens (including phenoxy) is 1. The molecule has 0 radical (unpaired) electrons. The van der Waals surface area contributed by atoms with E-state index < -0.39 is 0 Å². The van der Waals surface area contributed by atoms with E-state index in [9.17, 15) is 9.50 Å². The van der Waals surface area contributed by atoms with Crippen molar-refractivity contribution in [2.75, 3.05) is 7.11 Å². The van der Waals surface area contributed by atoms with E-state index in [1.807, 2.05) is 6.07 Å². The molecule has 0 fully saturated rings. The lowest BCUT2D eigenvalue weighted by atomic mass is 9.98. The summed E-state index contributed by atoms with van der Waals surface area (Å²) in [5.74, 6) is 0.488. The van der Waals surface area contributed by atoms with Gasteiger partial charge in [-0.3, -0.25) is 5.10 Å². The van der Waals surface area contributed by atoms with Crippen LogP contribution >= 0.6 is 0 Å². The number of aromatic nitrogens is 2. The van der Waals surface area contributed by atoms with Crippen LogP contribution < -0.4 is 4.74 Å². The minimum absolute atomic E-state index is 0.110. The fourth-order valence-electron chi connectivity index (χ4n) is 2.81. The number of benzene rings is 2. The molecule has 0 aliphatic rings. The maximum absolute atomic E-state index is 13.2. The lowest BCUT2D eigenvalue weighted by Gasteiger charge is -2.13.